The van der Waals surface area contributed by atoms with Gasteiger partial charge in [0, 0.05) is 36.0 Å². The molecule has 2 heterocycles. The molecule has 2 aromatic heterocycles. The van der Waals surface area contributed by atoms with Crippen LogP contribution in [0.2, 0.25) is 0 Å². The van der Waals surface area contributed by atoms with Crippen molar-refractivity contribution in [3.8, 4) is 22.6 Å². The molecule has 1 aromatic carbocycles. The summed E-state index contributed by atoms with van der Waals surface area (Å²) >= 11 is 0. The van der Waals surface area contributed by atoms with Crippen LogP contribution in [0.15, 0.2) is 55.1 Å². The molecular weight excluding hydrogens is 364 g/mol. The molecule has 0 saturated heterocycles. The minimum absolute atomic E-state index is 0.191. The predicted octanol–water partition coefficient (Wildman–Crippen LogP) is 4.71. The number of pyridine rings is 2. The molecule has 0 aliphatic carbocycles. The first-order valence-electron chi connectivity index (χ1n) is 8.67. The number of carbonyl (C=O) groups is 1. The van der Waals surface area contributed by atoms with Gasteiger partial charge in [0.05, 0.1) is 12.4 Å². The summed E-state index contributed by atoms with van der Waals surface area (Å²) in [6.07, 6.45) is 6.26. The van der Waals surface area contributed by atoms with Crippen molar-refractivity contribution >= 4 is 5.91 Å². The third-order valence-electron chi connectivity index (χ3n) is 4.25. The molecule has 144 valence electrons. The van der Waals surface area contributed by atoms with E-state index in [0.717, 1.165) is 29.8 Å². The zero-order valence-corrected chi connectivity index (χ0v) is 15.4. The highest BCUT2D eigenvalue weighted by Crippen LogP contribution is 2.31. The van der Waals surface area contributed by atoms with Crippen molar-refractivity contribution in [3.05, 3.63) is 71.8 Å². The van der Waals surface area contributed by atoms with Crippen LogP contribution in [0.5, 0.6) is 11.5 Å². The van der Waals surface area contributed by atoms with E-state index >= 15 is 0 Å². The lowest BCUT2D eigenvalue weighted by Crippen LogP contribution is -2.13. The minimum atomic E-state index is -3.01. The number of amides is 1. The summed E-state index contributed by atoms with van der Waals surface area (Å²) < 4.78 is 32.6. The largest absolute Gasteiger partial charge is 0.454 e. The molecule has 0 fully saturated rings. The molecule has 0 saturated carbocycles. The maximum absolute atomic E-state index is 13.5. The highest BCUT2D eigenvalue weighted by atomic mass is 19.3. The average Bonchev–Trinajstić information content (AvgIpc) is 2.67. The van der Waals surface area contributed by atoms with Gasteiger partial charge >= 0.3 is 0 Å². The van der Waals surface area contributed by atoms with Crippen molar-refractivity contribution in [2.24, 2.45) is 5.73 Å². The molecule has 7 heteroatoms. The molecule has 1 amide bonds. The van der Waals surface area contributed by atoms with Gasteiger partial charge in [0.1, 0.15) is 11.5 Å². The number of aromatic nitrogens is 2. The molecule has 3 aromatic rings. The van der Waals surface area contributed by atoms with E-state index in [1.165, 1.54) is 18.5 Å². The Morgan fingerprint density at radius 2 is 1.71 bits per heavy atom. The fourth-order valence-electron chi connectivity index (χ4n) is 2.79. The number of alkyl halides is 2. The first kappa shape index (κ1) is 19.4. The first-order chi connectivity index (χ1) is 13.3. The Kier molecular flexibility index (Phi) is 5.35. The molecule has 0 aliphatic rings. The van der Waals surface area contributed by atoms with E-state index in [1.54, 1.807) is 24.4 Å². The third kappa shape index (κ3) is 4.31. The molecule has 2 N–H and O–H groups in total. The summed E-state index contributed by atoms with van der Waals surface area (Å²) in [6, 6.07) is 8.32. The lowest BCUT2D eigenvalue weighted by atomic mass is 9.98. The van der Waals surface area contributed by atoms with Crippen LogP contribution in [-0.2, 0) is 12.3 Å². The van der Waals surface area contributed by atoms with Gasteiger partial charge in [-0.15, -0.1) is 0 Å². The summed E-state index contributed by atoms with van der Waals surface area (Å²) in [4.78, 5) is 19.5. The monoisotopic (exact) mass is 383 g/mol. The average molecular weight is 383 g/mol. The Hall–Kier alpha value is -3.35. The van der Waals surface area contributed by atoms with Crippen LogP contribution in [0.25, 0.3) is 11.1 Å². The van der Waals surface area contributed by atoms with Crippen LogP contribution in [0.1, 0.15) is 35.3 Å². The summed E-state index contributed by atoms with van der Waals surface area (Å²) in [5.74, 6) is -2.91. The lowest BCUT2D eigenvalue weighted by Gasteiger charge is -2.12. The van der Waals surface area contributed by atoms with Gasteiger partial charge in [-0.3, -0.25) is 14.8 Å². The Bertz CT molecular complexity index is 1020. The van der Waals surface area contributed by atoms with Crippen LogP contribution in [0.4, 0.5) is 8.78 Å². The number of rotatable bonds is 6. The van der Waals surface area contributed by atoms with Crippen LogP contribution in [-0.4, -0.2) is 15.9 Å². The summed E-state index contributed by atoms with van der Waals surface area (Å²) in [7, 11) is 0. The number of benzene rings is 1. The minimum Gasteiger partial charge on any atom is -0.454 e. The number of aryl methyl sites for hydroxylation is 1. The van der Waals surface area contributed by atoms with Gasteiger partial charge in [-0.1, -0.05) is 19.1 Å². The van der Waals surface area contributed by atoms with Gasteiger partial charge in [-0.25, -0.2) is 8.78 Å². The Balaban J connectivity index is 1.90. The highest BCUT2D eigenvalue weighted by molar-refractivity contribution is 5.95. The number of primary amides is 1. The van der Waals surface area contributed by atoms with E-state index in [0.29, 0.717) is 17.7 Å². The van der Waals surface area contributed by atoms with Crippen molar-refractivity contribution in [2.45, 2.75) is 26.2 Å². The lowest BCUT2D eigenvalue weighted by molar-refractivity contribution is 0.0169. The number of hydrogen-bond donors (Lipinski definition) is 1. The van der Waals surface area contributed by atoms with Crippen molar-refractivity contribution in [3.63, 3.8) is 0 Å². The van der Waals surface area contributed by atoms with Crippen LogP contribution in [0.3, 0.4) is 0 Å². The zero-order chi connectivity index (χ0) is 20.3. The topological polar surface area (TPSA) is 78.1 Å². The number of halogens is 2. The molecule has 5 nitrogen and oxygen atoms in total. The molecule has 0 radical (unpaired) electrons. The van der Waals surface area contributed by atoms with Gasteiger partial charge in [-0.05, 0) is 35.7 Å². The van der Waals surface area contributed by atoms with Gasteiger partial charge in [-0.2, -0.15) is 0 Å². The smallest absolute Gasteiger partial charge is 0.272 e. The Morgan fingerprint density at radius 3 is 2.36 bits per heavy atom. The van der Waals surface area contributed by atoms with E-state index in [-0.39, 0.29) is 11.3 Å². The maximum atomic E-state index is 13.5. The fraction of sp³-hybridized carbons (Fsp3) is 0.190. The molecule has 0 bridgehead atoms. The molecule has 0 atom stereocenters. The van der Waals surface area contributed by atoms with Crippen molar-refractivity contribution in [1.29, 1.82) is 0 Å². The third-order valence-corrected chi connectivity index (χ3v) is 4.25. The van der Waals surface area contributed by atoms with Gasteiger partial charge in [0.25, 0.3) is 5.92 Å². The van der Waals surface area contributed by atoms with Gasteiger partial charge < -0.3 is 10.5 Å². The second-order valence-corrected chi connectivity index (χ2v) is 6.40. The second-order valence-electron chi connectivity index (χ2n) is 6.40. The normalized spacial score (nSPS) is 11.3. The fourth-order valence-corrected chi connectivity index (χ4v) is 2.79. The number of ether oxygens (including phenoxy) is 1. The quantitative estimate of drug-likeness (QED) is 0.669. The van der Waals surface area contributed by atoms with E-state index in [4.69, 9.17) is 10.5 Å². The summed E-state index contributed by atoms with van der Waals surface area (Å²) in [5, 5.41) is 0. The number of hydrogen-bond acceptors (Lipinski definition) is 4. The second kappa shape index (κ2) is 7.72. The SMILES string of the molecule is CCc1cc(-c2cncc(Oc3cncc(C(C)(F)F)c3)c2)ccc1C(N)=O. The zero-order valence-electron chi connectivity index (χ0n) is 15.4. The number of nitrogens with zero attached hydrogens (tertiary/aromatic N) is 2. The van der Waals surface area contributed by atoms with Crippen LogP contribution >= 0.6 is 0 Å². The summed E-state index contributed by atoms with van der Waals surface area (Å²) in [5.41, 5.74) is 8.08. The first-order valence-corrected chi connectivity index (χ1v) is 8.67. The molecule has 28 heavy (non-hydrogen) atoms. The summed E-state index contributed by atoms with van der Waals surface area (Å²) in [6.45, 7) is 2.74. The van der Waals surface area contributed by atoms with Crippen molar-refractivity contribution in [2.75, 3.05) is 0 Å². The highest BCUT2D eigenvalue weighted by Gasteiger charge is 2.25. The van der Waals surface area contributed by atoms with E-state index in [1.807, 2.05) is 13.0 Å². The van der Waals surface area contributed by atoms with Crippen molar-refractivity contribution < 1.29 is 18.3 Å². The Labute approximate surface area is 161 Å². The molecule has 0 unspecified atom stereocenters. The molecular formula is C21H19F2N3O2. The van der Waals surface area contributed by atoms with E-state index in [2.05, 4.69) is 9.97 Å². The molecule has 3 rings (SSSR count). The number of carbonyl (C=O) groups excluding carboxylic acids is 1. The maximum Gasteiger partial charge on any atom is 0.272 e. The standard InChI is InChI=1S/C21H19F2N3O2/c1-3-13-6-14(4-5-19(13)20(24)27)15-7-17(11-25-9-15)28-18-8-16(10-26-12-18)21(2,22)23/h4-12H,3H2,1-2H3,(H2,24,27). The van der Waals surface area contributed by atoms with E-state index < -0.39 is 11.8 Å². The Morgan fingerprint density at radius 1 is 1.04 bits per heavy atom. The predicted molar refractivity (Wildman–Crippen MR) is 101 cm³/mol. The van der Waals surface area contributed by atoms with E-state index in [9.17, 15) is 13.6 Å². The van der Waals surface area contributed by atoms with Crippen molar-refractivity contribution in [1.82, 2.24) is 9.97 Å². The molecule has 0 spiro atoms. The van der Waals surface area contributed by atoms with Gasteiger partial charge in [0.15, 0.2) is 0 Å². The van der Waals surface area contributed by atoms with Crippen LogP contribution in [0, 0.1) is 0 Å². The molecule has 0 aliphatic heterocycles. The van der Waals surface area contributed by atoms with Crippen LogP contribution < -0.4 is 10.5 Å². The number of nitrogens with two attached hydrogens (primary N) is 1. The van der Waals surface area contributed by atoms with Gasteiger partial charge in [0.2, 0.25) is 5.91 Å².